The number of nitrogens with zero attached hydrogens (tertiary/aromatic N) is 1. The third-order valence-electron chi connectivity index (χ3n) is 4.85. The Bertz CT molecular complexity index is 1310. The minimum Gasteiger partial charge on any atom is -0.497 e. The van der Waals surface area contributed by atoms with Gasteiger partial charge in [-0.2, -0.15) is 0 Å². The van der Waals surface area contributed by atoms with Crippen LogP contribution in [0, 0.1) is 6.92 Å². The van der Waals surface area contributed by atoms with Gasteiger partial charge in [-0.05, 0) is 42.3 Å². The van der Waals surface area contributed by atoms with Crippen LogP contribution in [0.2, 0.25) is 5.15 Å². The zero-order chi connectivity index (χ0) is 22.0. The number of aromatic nitrogens is 1. The second-order valence-corrected chi connectivity index (χ2v) is 7.25. The molecule has 158 valence electrons. The summed E-state index contributed by atoms with van der Waals surface area (Å²) in [5, 5.41) is 4.54. The lowest BCUT2D eigenvalue weighted by molar-refractivity contribution is -0.134. The molecule has 0 bridgehead atoms. The number of carbonyl (C=O) groups is 1. The quantitative estimate of drug-likeness (QED) is 0.238. The van der Waals surface area contributed by atoms with E-state index in [1.807, 2.05) is 19.1 Å². The lowest BCUT2D eigenvalue weighted by atomic mass is 9.99. The van der Waals surface area contributed by atoms with Crippen molar-refractivity contribution in [3.05, 3.63) is 75.4 Å². The number of rotatable bonds is 6. The summed E-state index contributed by atoms with van der Waals surface area (Å²) in [6.45, 7) is 1.85. The van der Waals surface area contributed by atoms with Gasteiger partial charge in [0.15, 0.2) is 5.15 Å². The Morgan fingerprint density at radius 1 is 1.10 bits per heavy atom. The number of hydrogen-bond acceptors (Lipinski definition) is 7. The number of ether oxygens (including phenoxy) is 2. The van der Waals surface area contributed by atoms with Gasteiger partial charge >= 0.3 is 11.6 Å². The molecular formula is C23H18ClNO6. The van der Waals surface area contributed by atoms with E-state index in [2.05, 4.69) is 5.16 Å². The molecule has 2 aromatic heterocycles. The highest BCUT2D eigenvalue weighted by molar-refractivity contribution is 6.29. The second-order valence-electron chi connectivity index (χ2n) is 6.87. The van der Waals surface area contributed by atoms with Crippen LogP contribution in [-0.4, -0.2) is 18.2 Å². The van der Waals surface area contributed by atoms with Crippen LogP contribution in [0.25, 0.3) is 22.1 Å². The Balaban J connectivity index is 1.56. The largest absolute Gasteiger partial charge is 0.497 e. The molecule has 2 aromatic carbocycles. The van der Waals surface area contributed by atoms with Crippen molar-refractivity contribution in [2.45, 2.75) is 19.8 Å². The summed E-state index contributed by atoms with van der Waals surface area (Å²) < 4.78 is 21.0. The molecule has 0 amide bonds. The van der Waals surface area contributed by atoms with Gasteiger partial charge in [-0.15, -0.1) is 0 Å². The van der Waals surface area contributed by atoms with Crippen LogP contribution < -0.4 is 15.1 Å². The minimum absolute atomic E-state index is 0.0863. The van der Waals surface area contributed by atoms with Crippen LogP contribution in [0.4, 0.5) is 0 Å². The summed E-state index contributed by atoms with van der Waals surface area (Å²) in [6.07, 6.45) is 0.397. The first-order chi connectivity index (χ1) is 14.9. The van der Waals surface area contributed by atoms with Crippen LogP contribution >= 0.6 is 11.6 Å². The molecule has 0 spiro atoms. The van der Waals surface area contributed by atoms with E-state index in [4.69, 9.17) is 30.0 Å². The Labute approximate surface area is 182 Å². The van der Waals surface area contributed by atoms with Crippen molar-refractivity contribution in [1.29, 1.82) is 0 Å². The number of aryl methyl sites for hydroxylation is 2. The fraction of sp³-hybridized carbons (Fsp3) is 0.174. The molecule has 0 saturated carbocycles. The lowest BCUT2D eigenvalue weighted by Crippen LogP contribution is -2.09. The topological polar surface area (TPSA) is 91.8 Å². The average molecular weight is 440 g/mol. The Hall–Kier alpha value is -3.58. The summed E-state index contributed by atoms with van der Waals surface area (Å²) in [7, 11) is 1.58. The van der Waals surface area contributed by atoms with Gasteiger partial charge in [-0.1, -0.05) is 28.9 Å². The molecule has 8 heteroatoms. The highest BCUT2D eigenvalue weighted by Gasteiger charge is 2.15. The van der Waals surface area contributed by atoms with E-state index in [0.717, 1.165) is 16.5 Å². The first-order valence-electron chi connectivity index (χ1n) is 9.48. The molecular weight excluding hydrogens is 422 g/mol. The average Bonchev–Trinajstić information content (AvgIpc) is 3.18. The third-order valence-corrected chi connectivity index (χ3v) is 5.03. The van der Waals surface area contributed by atoms with Crippen molar-refractivity contribution in [3.8, 4) is 22.6 Å². The van der Waals surface area contributed by atoms with Crippen molar-refractivity contribution < 1.29 is 23.2 Å². The standard InChI is InChI=1S/C23H18ClNO6/c1-13-18-9-7-16(29-21(26)10-8-17-12-20(24)25-31-17)11-19(18)30-23(27)22(13)14-3-5-15(28-2)6-4-14/h3-7,9,11-12H,8,10H2,1-2H3. The monoisotopic (exact) mass is 439 g/mol. The highest BCUT2D eigenvalue weighted by Crippen LogP contribution is 2.30. The van der Waals surface area contributed by atoms with E-state index in [1.54, 1.807) is 37.4 Å². The van der Waals surface area contributed by atoms with Gasteiger partial charge in [0.05, 0.1) is 19.1 Å². The molecule has 0 aliphatic carbocycles. The zero-order valence-corrected chi connectivity index (χ0v) is 17.6. The predicted octanol–water partition coefficient (Wildman–Crippen LogP) is 4.96. The summed E-state index contributed by atoms with van der Waals surface area (Å²) in [5.74, 6) is 1.02. The molecule has 0 aliphatic rings. The Kier molecular flexibility index (Phi) is 5.77. The van der Waals surface area contributed by atoms with E-state index in [0.29, 0.717) is 29.1 Å². The van der Waals surface area contributed by atoms with E-state index in [1.165, 1.54) is 6.07 Å². The third kappa shape index (κ3) is 4.46. The molecule has 4 aromatic rings. The van der Waals surface area contributed by atoms with Crippen LogP contribution in [0.3, 0.4) is 0 Å². The number of halogens is 1. The highest BCUT2D eigenvalue weighted by atomic mass is 35.5. The van der Waals surface area contributed by atoms with E-state index < -0.39 is 11.6 Å². The minimum atomic E-state index is -0.471. The fourth-order valence-electron chi connectivity index (χ4n) is 3.30. The van der Waals surface area contributed by atoms with Crippen LogP contribution in [-0.2, 0) is 11.2 Å². The number of methoxy groups -OCH3 is 1. The number of fused-ring (bicyclic) bond motifs is 1. The fourth-order valence-corrected chi connectivity index (χ4v) is 3.46. The smallest absolute Gasteiger partial charge is 0.344 e. The summed E-state index contributed by atoms with van der Waals surface area (Å²) in [6, 6.07) is 13.7. The van der Waals surface area contributed by atoms with Crippen LogP contribution in [0.15, 0.2) is 62.3 Å². The zero-order valence-electron chi connectivity index (χ0n) is 16.8. The predicted molar refractivity (Wildman–Crippen MR) is 115 cm³/mol. The van der Waals surface area contributed by atoms with Gasteiger partial charge < -0.3 is 18.4 Å². The van der Waals surface area contributed by atoms with Crippen molar-refractivity contribution in [1.82, 2.24) is 5.16 Å². The lowest BCUT2D eigenvalue weighted by Gasteiger charge is -2.10. The van der Waals surface area contributed by atoms with Crippen molar-refractivity contribution in [3.63, 3.8) is 0 Å². The SMILES string of the molecule is COc1ccc(-c2c(C)c3ccc(OC(=O)CCc4cc(Cl)no4)cc3oc2=O)cc1. The number of benzene rings is 2. The van der Waals surface area contributed by atoms with Gasteiger partial charge in [-0.25, -0.2) is 4.79 Å². The van der Waals surface area contributed by atoms with Gasteiger partial charge in [0.1, 0.15) is 22.8 Å². The normalized spacial score (nSPS) is 10.9. The maximum absolute atomic E-state index is 12.7. The number of carbonyl (C=O) groups excluding carboxylic acids is 1. The maximum Gasteiger partial charge on any atom is 0.344 e. The summed E-state index contributed by atoms with van der Waals surface area (Å²) in [5.41, 5.74) is 1.85. The van der Waals surface area contributed by atoms with Crippen molar-refractivity contribution in [2.75, 3.05) is 7.11 Å². The first kappa shape index (κ1) is 20.7. The molecule has 0 saturated heterocycles. The van der Waals surface area contributed by atoms with Gasteiger partial charge in [0.2, 0.25) is 0 Å². The van der Waals surface area contributed by atoms with E-state index >= 15 is 0 Å². The van der Waals surface area contributed by atoms with Gasteiger partial charge in [0, 0.05) is 23.9 Å². The van der Waals surface area contributed by atoms with E-state index in [-0.39, 0.29) is 17.3 Å². The molecule has 0 radical (unpaired) electrons. The van der Waals surface area contributed by atoms with Gasteiger partial charge in [-0.3, -0.25) is 4.79 Å². The summed E-state index contributed by atoms with van der Waals surface area (Å²) >= 11 is 5.69. The maximum atomic E-state index is 12.7. The molecule has 2 heterocycles. The van der Waals surface area contributed by atoms with Gasteiger partial charge in [0.25, 0.3) is 0 Å². The second kappa shape index (κ2) is 8.65. The van der Waals surface area contributed by atoms with Crippen LogP contribution in [0.1, 0.15) is 17.7 Å². The molecule has 0 fully saturated rings. The number of esters is 1. The van der Waals surface area contributed by atoms with Crippen LogP contribution in [0.5, 0.6) is 11.5 Å². The van der Waals surface area contributed by atoms with Crippen molar-refractivity contribution >= 4 is 28.5 Å². The molecule has 4 rings (SSSR count). The molecule has 0 N–H and O–H groups in total. The van der Waals surface area contributed by atoms with E-state index in [9.17, 15) is 9.59 Å². The molecule has 0 atom stereocenters. The Morgan fingerprint density at radius 3 is 2.52 bits per heavy atom. The molecule has 31 heavy (non-hydrogen) atoms. The molecule has 0 aliphatic heterocycles. The molecule has 0 unspecified atom stereocenters. The Morgan fingerprint density at radius 2 is 1.84 bits per heavy atom. The molecule has 7 nitrogen and oxygen atoms in total. The first-order valence-corrected chi connectivity index (χ1v) is 9.86. The van der Waals surface area contributed by atoms with Crippen molar-refractivity contribution in [2.24, 2.45) is 0 Å². The summed E-state index contributed by atoms with van der Waals surface area (Å²) in [4.78, 5) is 24.8. The number of hydrogen-bond donors (Lipinski definition) is 0.